The van der Waals surface area contributed by atoms with Crippen LogP contribution < -0.4 is 0 Å². The van der Waals surface area contributed by atoms with Gasteiger partial charge in [-0.15, -0.1) is 12.4 Å². The maximum atomic E-state index is 10.6. The first-order chi connectivity index (χ1) is 6.57. The highest BCUT2D eigenvalue weighted by molar-refractivity contribution is 5.93. The summed E-state index contributed by atoms with van der Waals surface area (Å²) in [5.74, 6) is 0.376. The van der Waals surface area contributed by atoms with E-state index < -0.39 is 0 Å². The number of carbonyl (C=O) groups excluding carboxylic acids is 2. The van der Waals surface area contributed by atoms with Gasteiger partial charge in [0.05, 0.1) is 0 Å². The lowest BCUT2D eigenvalue weighted by atomic mass is 10.2. The summed E-state index contributed by atoms with van der Waals surface area (Å²) in [5, 5.41) is 0. The van der Waals surface area contributed by atoms with Gasteiger partial charge in [-0.05, 0) is 13.8 Å². The third-order valence-electron chi connectivity index (χ3n) is 1.68. The standard InChI is InChI=1S/C8H8O.C4H8O.ClH/c1-7(9)8-5-3-2-4-6-8;1-3-4(2)5;/h2-6H,1H3;3H2,1-2H3;1H. The quantitative estimate of drug-likeness (QED) is 0.728. The van der Waals surface area contributed by atoms with Gasteiger partial charge in [0.1, 0.15) is 5.78 Å². The summed E-state index contributed by atoms with van der Waals surface area (Å²) in [6, 6.07) is 9.23. The summed E-state index contributed by atoms with van der Waals surface area (Å²) in [5.41, 5.74) is 0.775. The number of rotatable bonds is 2. The molecule has 0 fully saturated rings. The molecule has 0 unspecified atom stereocenters. The van der Waals surface area contributed by atoms with Crippen LogP contribution in [0.3, 0.4) is 0 Å². The Kier molecular flexibility index (Phi) is 10.2. The van der Waals surface area contributed by atoms with Gasteiger partial charge in [0.15, 0.2) is 5.78 Å². The van der Waals surface area contributed by atoms with E-state index in [-0.39, 0.29) is 24.0 Å². The fourth-order valence-electron chi connectivity index (χ4n) is 0.673. The third-order valence-corrected chi connectivity index (χ3v) is 1.68. The molecular weight excluding hydrogens is 212 g/mol. The summed E-state index contributed by atoms with van der Waals surface area (Å²) >= 11 is 0. The number of Topliss-reactive ketones (excluding diaryl/α,β-unsaturated/α-hetero) is 2. The molecule has 0 bridgehead atoms. The number of hydrogen-bond acceptors (Lipinski definition) is 2. The van der Waals surface area contributed by atoms with Crippen LogP contribution in [0.15, 0.2) is 30.3 Å². The minimum atomic E-state index is 0. The fourth-order valence-corrected chi connectivity index (χ4v) is 0.673. The van der Waals surface area contributed by atoms with Crippen molar-refractivity contribution in [2.75, 3.05) is 0 Å². The van der Waals surface area contributed by atoms with E-state index in [9.17, 15) is 9.59 Å². The van der Waals surface area contributed by atoms with E-state index in [0.717, 1.165) is 5.56 Å². The molecule has 0 amide bonds. The summed E-state index contributed by atoms with van der Waals surface area (Å²) in [6.45, 7) is 5.00. The molecule has 0 saturated heterocycles. The van der Waals surface area contributed by atoms with Crippen LogP contribution in [-0.2, 0) is 4.79 Å². The first-order valence-corrected chi connectivity index (χ1v) is 4.63. The Morgan fingerprint density at radius 1 is 1.07 bits per heavy atom. The molecule has 2 nitrogen and oxygen atoms in total. The van der Waals surface area contributed by atoms with Crippen LogP contribution >= 0.6 is 12.4 Å². The molecule has 0 N–H and O–H groups in total. The molecule has 15 heavy (non-hydrogen) atoms. The molecule has 0 radical (unpaired) electrons. The topological polar surface area (TPSA) is 34.1 Å². The van der Waals surface area contributed by atoms with Crippen LogP contribution in [-0.4, -0.2) is 11.6 Å². The molecule has 0 spiro atoms. The highest BCUT2D eigenvalue weighted by Gasteiger charge is 1.92. The number of carbonyl (C=O) groups is 2. The van der Waals surface area contributed by atoms with Crippen LogP contribution in [0.1, 0.15) is 37.6 Å². The molecule has 1 rings (SSSR count). The van der Waals surface area contributed by atoms with Crippen molar-refractivity contribution in [2.24, 2.45) is 0 Å². The summed E-state index contributed by atoms with van der Waals surface area (Å²) in [4.78, 5) is 20.5. The number of halogens is 1. The van der Waals surface area contributed by atoms with Gasteiger partial charge in [0.25, 0.3) is 0 Å². The molecule has 84 valence electrons. The predicted molar refractivity (Wildman–Crippen MR) is 64.7 cm³/mol. The van der Waals surface area contributed by atoms with E-state index in [0.29, 0.717) is 6.42 Å². The van der Waals surface area contributed by atoms with E-state index in [1.165, 1.54) is 0 Å². The zero-order valence-electron chi connectivity index (χ0n) is 9.32. The molecule has 0 aromatic heterocycles. The summed E-state index contributed by atoms with van der Waals surface area (Å²) in [7, 11) is 0. The van der Waals surface area contributed by atoms with Crippen LogP contribution in [0, 0.1) is 0 Å². The molecule has 0 aliphatic rings. The second-order valence-electron chi connectivity index (χ2n) is 2.98. The summed E-state index contributed by atoms with van der Waals surface area (Å²) in [6.07, 6.45) is 0.667. The lowest BCUT2D eigenvalue weighted by molar-refractivity contribution is -0.116. The van der Waals surface area contributed by atoms with Crippen LogP contribution in [0.2, 0.25) is 0 Å². The van der Waals surface area contributed by atoms with Gasteiger partial charge in [-0.25, -0.2) is 0 Å². The van der Waals surface area contributed by atoms with Gasteiger partial charge in [-0.2, -0.15) is 0 Å². The molecule has 0 saturated carbocycles. The highest BCUT2D eigenvalue weighted by atomic mass is 35.5. The Bertz CT molecular complexity index is 294. The number of ketones is 2. The van der Waals surface area contributed by atoms with E-state index in [2.05, 4.69) is 0 Å². The third kappa shape index (κ3) is 9.16. The second-order valence-corrected chi connectivity index (χ2v) is 2.98. The molecule has 3 heteroatoms. The maximum Gasteiger partial charge on any atom is 0.159 e. The zero-order chi connectivity index (χ0) is 11.0. The SMILES string of the molecule is CC(=O)c1ccccc1.CCC(C)=O.Cl. The average Bonchev–Trinajstić information content (AvgIpc) is 2.20. The van der Waals surface area contributed by atoms with Crippen LogP contribution in [0.4, 0.5) is 0 Å². The van der Waals surface area contributed by atoms with Crippen LogP contribution in [0.25, 0.3) is 0 Å². The first kappa shape index (κ1) is 16.3. The number of hydrogen-bond donors (Lipinski definition) is 0. The van der Waals surface area contributed by atoms with Crippen molar-refractivity contribution in [3.05, 3.63) is 35.9 Å². The van der Waals surface area contributed by atoms with Crippen molar-refractivity contribution in [2.45, 2.75) is 27.2 Å². The van der Waals surface area contributed by atoms with Gasteiger partial charge in [0.2, 0.25) is 0 Å². The number of benzene rings is 1. The van der Waals surface area contributed by atoms with E-state index >= 15 is 0 Å². The predicted octanol–water partition coefficient (Wildman–Crippen LogP) is 3.30. The molecule has 0 heterocycles. The maximum absolute atomic E-state index is 10.6. The van der Waals surface area contributed by atoms with Crippen molar-refractivity contribution in [3.8, 4) is 0 Å². The van der Waals surface area contributed by atoms with E-state index in [1.54, 1.807) is 13.8 Å². The smallest absolute Gasteiger partial charge is 0.159 e. The monoisotopic (exact) mass is 228 g/mol. The average molecular weight is 229 g/mol. The van der Waals surface area contributed by atoms with Crippen LogP contribution in [0.5, 0.6) is 0 Å². The first-order valence-electron chi connectivity index (χ1n) is 4.63. The van der Waals surface area contributed by atoms with Gasteiger partial charge in [0, 0.05) is 12.0 Å². The zero-order valence-corrected chi connectivity index (χ0v) is 10.1. The Morgan fingerprint density at radius 2 is 1.47 bits per heavy atom. The van der Waals surface area contributed by atoms with Crippen molar-refractivity contribution in [3.63, 3.8) is 0 Å². The minimum Gasteiger partial charge on any atom is -0.300 e. The molecular formula is C12H17ClO2. The molecule has 1 aromatic rings. The van der Waals surface area contributed by atoms with E-state index in [1.807, 2.05) is 37.3 Å². The van der Waals surface area contributed by atoms with E-state index in [4.69, 9.17) is 0 Å². The minimum absolute atomic E-state index is 0. The van der Waals surface area contributed by atoms with Gasteiger partial charge in [-0.3, -0.25) is 4.79 Å². The molecule has 0 atom stereocenters. The lowest BCUT2D eigenvalue weighted by Gasteiger charge is -1.89. The Balaban J connectivity index is 0. The van der Waals surface area contributed by atoms with Crippen molar-refractivity contribution < 1.29 is 9.59 Å². The Labute approximate surface area is 97.1 Å². The van der Waals surface area contributed by atoms with Gasteiger partial charge >= 0.3 is 0 Å². The molecule has 0 aliphatic heterocycles. The second kappa shape index (κ2) is 9.41. The van der Waals surface area contributed by atoms with Crippen molar-refractivity contribution in [1.82, 2.24) is 0 Å². The molecule has 1 aromatic carbocycles. The Hall–Kier alpha value is -1.15. The lowest BCUT2D eigenvalue weighted by Crippen LogP contribution is -1.88. The van der Waals surface area contributed by atoms with Crippen molar-refractivity contribution >= 4 is 24.0 Å². The Morgan fingerprint density at radius 3 is 1.67 bits per heavy atom. The largest absolute Gasteiger partial charge is 0.300 e. The van der Waals surface area contributed by atoms with Gasteiger partial charge in [-0.1, -0.05) is 37.3 Å². The summed E-state index contributed by atoms with van der Waals surface area (Å²) < 4.78 is 0. The van der Waals surface area contributed by atoms with Crippen molar-refractivity contribution in [1.29, 1.82) is 0 Å². The highest BCUT2D eigenvalue weighted by Crippen LogP contribution is 1.97. The fraction of sp³-hybridized carbons (Fsp3) is 0.333. The van der Waals surface area contributed by atoms with Gasteiger partial charge < -0.3 is 4.79 Å². The normalized spacial score (nSPS) is 7.93. The molecule has 0 aliphatic carbocycles.